The van der Waals surface area contributed by atoms with Crippen LogP contribution in [0.25, 0.3) is 0 Å². The molecule has 0 N–H and O–H groups in total. The van der Waals surface area contributed by atoms with Crippen LogP contribution in [0, 0.1) is 11.3 Å². The average Bonchev–Trinajstić information content (AvgIpc) is 2.36. The first-order chi connectivity index (χ1) is 8.85. The summed E-state index contributed by atoms with van der Waals surface area (Å²) in [5, 5.41) is 8.87. The predicted molar refractivity (Wildman–Crippen MR) is 61.7 cm³/mol. The molecule has 0 amide bonds. The number of hydrogen-bond acceptors (Lipinski definition) is 3. The second-order valence-electron chi connectivity index (χ2n) is 3.52. The Morgan fingerprint density at radius 1 is 1.47 bits per heavy atom. The molecule has 0 aromatic heterocycles. The Morgan fingerprint density at radius 3 is 2.53 bits per heavy atom. The Labute approximate surface area is 112 Å². The predicted octanol–water partition coefficient (Wildman–Crippen LogP) is 3.49. The van der Waals surface area contributed by atoms with Gasteiger partial charge in [0.1, 0.15) is 6.07 Å². The zero-order valence-electron chi connectivity index (χ0n) is 9.84. The van der Waals surface area contributed by atoms with E-state index in [2.05, 4.69) is 4.74 Å². The number of alkyl halides is 4. The van der Waals surface area contributed by atoms with E-state index in [1.54, 1.807) is 6.07 Å². The van der Waals surface area contributed by atoms with E-state index in [9.17, 15) is 18.0 Å². The van der Waals surface area contributed by atoms with Crippen molar-refractivity contribution in [2.75, 3.05) is 6.61 Å². The molecular formula is C12H9ClF3NO2. The fourth-order valence-electron chi connectivity index (χ4n) is 1.49. The minimum atomic E-state index is -4.65. The first-order valence-corrected chi connectivity index (χ1v) is 5.75. The second kappa shape index (κ2) is 5.93. The molecule has 0 bridgehead atoms. The summed E-state index contributed by atoms with van der Waals surface area (Å²) in [4.78, 5) is 11.5. The lowest BCUT2D eigenvalue weighted by molar-refractivity contribution is -0.138. The van der Waals surface area contributed by atoms with Crippen molar-refractivity contribution in [1.29, 1.82) is 5.26 Å². The van der Waals surface area contributed by atoms with Crippen LogP contribution in [0.4, 0.5) is 13.2 Å². The number of rotatable bonds is 3. The molecule has 0 unspecified atom stereocenters. The summed E-state index contributed by atoms with van der Waals surface area (Å²) >= 11 is 5.43. The number of carbonyl (C=O) groups is 1. The molecule has 7 heteroatoms. The number of benzene rings is 1. The highest BCUT2D eigenvalue weighted by Crippen LogP contribution is 2.34. The number of esters is 1. The summed E-state index contributed by atoms with van der Waals surface area (Å²) in [6, 6.07) is 3.23. The van der Waals surface area contributed by atoms with Gasteiger partial charge in [0.15, 0.2) is 0 Å². The molecule has 1 aromatic rings. The SMILES string of the molecule is CCOC(=O)c1cc(C(F)(F)F)c(CCl)cc1C#N. The smallest absolute Gasteiger partial charge is 0.416 e. The van der Waals surface area contributed by atoms with Crippen LogP contribution < -0.4 is 0 Å². The van der Waals surface area contributed by atoms with E-state index < -0.39 is 29.2 Å². The average molecular weight is 292 g/mol. The molecule has 0 atom stereocenters. The van der Waals surface area contributed by atoms with Gasteiger partial charge in [0.25, 0.3) is 0 Å². The van der Waals surface area contributed by atoms with Gasteiger partial charge in [0.05, 0.1) is 23.3 Å². The van der Waals surface area contributed by atoms with Crippen LogP contribution in [0.1, 0.15) is 34.0 Å². The lowest BCUT2D eigenvalue weighted by Crippen LogP contribution is -2.14. The minimum Gasteiger partial charge on any atom is -0.462 e. The van der Waals surface area contributed by atoms with Gasteiger partial charge in [0.2, 0.25) is 0 Å². The van der Waals surface area contributed by atoms with Crippen LogP contribution in [0.3, 0.4) is 0 Å². The van der Waals surface area contributed by atoms with Gasteiger partial charge < -0.3 is 4.74 Å². The van der Waals surface area contributed by atoms with Gasteiger partial charge in [-0.1, -0.05) is 0 Å². The highest BCUT2D eigenvalue weighted by molar-refractivity contribution is 6.17. The molecule has 0 spiro atoms. The van der Waals surface area contributed by atoms with Crippen LogP contribution in [-0.2, 0) is 16.8 Å². The first kappa shape index (κ1) is 15.3. The highest BCUT2D eigenvalue weighted by atomic mass is 35.5. The summed E-state index contributed by atoms with van der Waals surface area (Å²) in [6.45, 7) is 1.52. The van der Waals surface area contributed by atoms with Crippen LogP contribution in [0.15, 0.2) is 12.1 Å². The number of nitrogens with zero attached hydrogens (tertiary/aromatic N) is 1. The molecule has 0 heterocycles. The fraction of sp³-hybridized carbons (Fsp3) is 0.333. The van der Waals surface area contributed by atoms with Crippen molar-refractivity contribution in [3.63, 3.8) is 0 Å². The van der Waals surface area contributed by atoms with Crippen LogP contribution in [-0.4, -0.2) is 12.6 Å². The third kappa shape index (κ3) is 3.38. The molecule has 19 heavy (non-hydrogen) atoms. The number of hydrogen-bond donors (Lipinski definition) is 0. The van der Waals surface area contributed by atoms with Crippen molar-refractivity contribution in [1.82, 2.24) is 0 Å². The van der Waals surface area contributed by atoms with E-state index in [-0.39, 0.29) is 17.7 Å². The molecule has 0 aliphatic heterocycles. The maximum absolute atomic E-state index is 12.8. The first-order valence-electron chi connectivity index (χ1n) is 5.22. The van der Waals surface area contributed by atoms with Gasteiger partial charge in [-0.15, -0.1) is 11.6 Å². The van der Waals surface area contributed by atoms with Crippen LogP contribution in [0.5, 0.6) is 0 Å². The molecule has 0 saturated heterocycles. The van der Waals surface area contributed by atoms with Gasteiger partial charge in [-0.05, 0) is 24.6 Å². The van der Waals surface area contributed by atoms with Crippen molar-refractivity contribution >= 4 is 17.6 Å². The largest absolute Gasteiger partial charge is 0.462 e. The van der Waals surface area contributed by atoms with Crippen molar-refractivity contribution in [3.8, 4) is 6.07 Å². The lowest BCUT2D eigenvalue weighted by atomic mass is 9.99. The van der Waals surface area contributed by atoms with Crippen molar-refractivity contribution in [2.45, 2.75) is 19.0 Å². The quantitative estimate of drug-likeness (QED) is 0.632. The second-order valence-corrected chi connectivity index (χ2v) is 3.79. The van der Waals surface area contributed by atoms with E-state index in [0.717, 1.165) is 6.07 Å². The third-order valence-corrected chi connectivity index (χ3v) is 2.60. The molecule has 0 radical (unpaired) electrons. The Balaban J connectivity index is 3.47. The molecule has 0 aliphatic carbocycles. The van der Waals surface area contributed by atoms with Crippen LogP contribution in [0.2, 0.25) is 0 Å². The fourth-order valence-corrected chi connectivity index (χ4v) is 1.71. The molecular weight excluding hydrogens is 283 g/mol. The van der Waals surface area contributed by atoms with E-state index in [0.29, 0.717) is 6.07 Å². The highest BCUT2D eigenvalue weighted by Gasteiger charge is 2.35. The summed E-state index contributed by atoms with van der Waals surface area (Å²) in [5.74, 6) is -1.38. The summed E-state index contributed by atoms with van der Waals surface area (Å²) in [5.41, 5.74) is -1.89. The van der Waals surface area contributed by atoms with Gasteiger partial charge in [-0.3, -0.25) is 0 Å². The van der Waals surface area contributed by atoms with Gasteiger partial charge in [-0.2, -0.15) is 18.4 Å². The summed E-state index contributed by atoms with van der Waals surface area (Å²) in [6.07, 6.45) is -4.65. The number of halogens is 4. The summed E-state index contributed by atoms with van der Waals surface area (Å²) < 4.78 is 43.0. The Kier molecular flexibility index (Phi) is 4.78. The van der Waals surface area contributed by atoms with Crippen molar-refractivity contribution in [2.24, 2.45) is 0 Å². The summed E-state index contributed by atoms with van der Waals surface area (Å²) in [7, 11) is 0. The van der Waals surface area contributed by atoms with Gasteiger partial charge in [0, 0.05) is 5.88 Å². The maximum Gasteiger partial charge on any atom is 0.416 e. The molecule has 0 saturated carbocycles. The van der Waals surface area contributed by atoms with Crippen molar-refractivity contribution in [3.05, 3.63) is 34.4 Å². The monoisotopic (exact) mass is 291 g/mol. The molecule has 0 aliphatic rings. The Morgan fingerprint density at radius 2 is 2.11 bits per heavy atom. The molecule has 1 aromatic carbocycles. The number of ether oxygens (including phenoxy) is 1. The van der Waals surface area contributed by atoms with E-state index in [1.165, 1.54) is 6.92 Å². The number of carbonyl (C=O) groups excluding carboxylic acids is 1. The Hall–Kier alpha value is -1.74. The maximum atomic E-state index is 12.8. The van der Waals surface area contributed by atoms with Gasteiger partial charge in [-0.25, -0.2) is 4.79 Å². The van der Waals surface area contributed by atoms with E-state index in [1.807, 2.05) is 0 Å². The topological polar surface area (TPSA) is 50.1 Å². The zero-order valence-corrected chi connectivity index (χ0v) is 10.6. The molecule has 102 valence electrons. The zero-order chi connectivity index (χ0) is 14.6. The van der Waals surface area contributed by atoms with E-state index >= 15 is 0 Å². The lowest BCUT2D eigenvalue weighted by Gasteiger charge is -2.14. The third-order valence-electron chi connectivity index (χ3n) is 2.31. The molecule has 0 fully saturated rings. The number of nitriles is 1. The Bertz CT molecular complexity index is 535. The van der Waals surface area contributed by atoms with E-state index in [4.69, 9.17) is 16.9 Å². The normalized spacial score (nSPS) is 10.9. The van der Waals surface area contributed by atoms with Crippen molar-refractivity contribution < 1.29 is 22.7 Å². The molecule has 1 rings (SSSR count). The minimum absolute atomic E-state index is 0.00229. The van der Waals surface area contributed by atoms with Gasteiger partial charge >= 0.3 is 12.1 Å². The standard InChI is InChI=1S/C12H9ClF3NO2/c1-2-19-11(18)9-4-10(12(14,15)16)7(5-13)3-8(9)6-17/h3-4H,2,5H2,1H3. The molecule has 3 nitrogen and oxygen atoms in total. The van der Waals surface area contributed by atoms with Crippen LogP contribution >= 0.6 is 11.6 Å².